The number of halogens is 3. The third-order valence-corrected chi connectivity index (χ3v) is 6.89. The van der Waals surface area contributed by atoms with Crippen LogP contribution in [-0.2, 0) is 6.54 Å². The van der Waals surface area contributed by atoms with Crippen molar-refractivity contribution in [2.75, 3.05) is 18.6 Å². The van der Waals surface area contributed by atoms with Gasteiger partial charge in [-0.2, -0.15) is 0 Å². The number of hydrogen-bond donors (Lipinski definition) is 2. The molecule has 2 aromatic rings. The Morgan fingerprint density at radius 1 is 1.18 bits per heavy atom. The highest BCUT2D eigenvalue weighted by atomic mass is 19.1. The lowest BCUT2D eigenvalue weighted by molar-refractivity contribution is 0.0492. The van der Waals surface area contributed by atoms with Crippen LogP contribution in [0.5, 0.6) is 5.75 Å². The number of carbonyl (C=O) groups is 2. The summed E-state index contributed by atoms with van der Waals surface area (Å²) >= 11 is 0. The van der Waals surface area contributed by atoms with Gasteiger partial charge in [0.25, 0.3) is 11.8 Å². The van der Waals surface area contributed by atoms with E-state index in [1.165, 1.54) is 15.8 Å². The molecule has 1 saturated carbocycles. The van der Waals surface area contributed by atoms with Crippen molar-refractivity contribution in [2.24, 2.45) is 11.8 Å². The molecule has 2 bridgehead atoms. The fourth-order valence-corrected chi connectivity index (χ4v) is 5.34. The summed E-state index contributed by atoms with van der Waals surface area (Å²) in [7, 11) is 1.62. The molecule has 3 atom stereocenters. The Balaban J connectivity index is 1.51. The van der Waals surface area contributed by atoms with Crippen LogP contribution in [0.4, 0.5) is 13.2 Å². The van der Waals surface area contributed by atoms with E-state index in [2.05, 4.69) is 5.32 Å². The Morgan fingerprint density at radius 3 is 2.58 bits per heavy atom. The highest BCUT2D eigenvalue weighted by molar-refractivity contribution is 5.99. The number of benzene rings is 1. The van der Waals surface area contributed by atoms with Crippen LogP contribution in [0.15, 0.2) is 23.1 Å². The number of rotatable bonds is 3. The van der Waals surface area contributed by atoms with E-state index in [9.17, 15) is 32.7 Å². The number of hydrogen-bond acceptors (Lipinski definition) is 5. The molecule has 0 unspecified atom stereocenters. The van der Waals surface area contributed by atoms with Crippen molar-refractivity contribution in [3.63, 3.8) is 0 Å². The molecule has 2 fully saturated rings. The second-order valence-electron chi connectivity index (χ2n) is 8.84. The van der Waals surface area contributed by atoms with Gasteiger partial charge in [-0.05, 0) is 31.1 Å². The summed E-state index contributed by atoms with van der Waals surface area (Å²) in [5, 5.41) is 14.7. The average Bonchev–Trinajstić information content (AvgIpc) is 3.13. The van der Waals surface area contributed by atoms with Crippen LogP contribution < -0.4 is 15.8 Å². The molecule has 2 aliphatic heterocycles. The predicted molar refractivity (Wildman–Crippen MR) is 110 cm³/mol. The average molecular weight is 462 g/mol. The zero-order valence-electron chi connectivity index (χ0n) is 17.6. The van der Waals surface area contributed by atoms with Crippen LogP contribution in [-0.4, -0.2) is 46.3 Å². The number of aromatic nitrogens is 1. The van der Waals surface area contributed by atoms with E-state index < -0.39 is 58.1 Å². The van der Waals surface area contributed by atoms with E-state index in [1.54, 1.807) is 7.05 Å². The van der Waals surface area contributed by atoms with Gasteiger partial charge in [0, 0.05) is 44.0 Å². The molecule has 1 saturated heterocycles. The van der Waals surface area contributed by atoms with Crippen LogP contribution in [0, 0.1) is 29.3 Å². The maximum Gasteiger partial charge on any atom is 0.277 e. The maximum absolute atomic E-state index is 13.9. The molecule has 2 N–H and O–H groups in total. The second kappa shape index (κ2) is 7.53. The Labute approximate surface area is 186 Å². The predicted octanol–water partition coefficient (Wildman–Crippen LogP) is 1.68. The topological polar surface area (TPSA) is 94.9 Å². The number of fused-ring (bicyclic) bond motifs is 6. The van der Waals surface area contributed by atoms with E-state index in [0.29, 0.717) is 24.6 Å². The number of pyridine rings is 1. The number of carbonyl (C=O) groups excluding carboxylic acids is 2. The summed E-state index contributed by atoms with van der Waals surface area (Å²) in [4.78, 5) is 40.0. The lowest BCUT2D eigenvalue weighted by Gasteiger charge is -2.50. The third-order valence-electron chi connectivity index (χ3n) is 6.89. The summed E-state index contributed by atoms with van der Waals surface area (Å²) in [5.41, 5.74) is -2.35. The van der Waals surface area contributed by atoms with Crippen LogP contribution in [0.25, 0.3) is 0 Å². The van der Waals surface area contributed by atoms with Gasteiger partial charge in [0.1, 0.15) is 29.2 Å². The molecular formula is C22H21F3N4O4. The van der Waals surface area contributed by atoms with Crippen molar-refractivity contribution in [3.05, 3.63) is 62.8 Å². The van der Waals surface area contributed by atoms with Crippen LogP contribution in [0.1, 0.15) is 45.7 Å². The van der Waals surface area contributed by atoms with Crippen molar-refractivity contribution in [3.8, 4) is 5.75 Å². The number of piperidine rings is 1. The minimum atomic E-state index is -1.18. The van der Waals surface area contributed by atoms with Gasteiger partial charge >= 0.3 is 0 Å². The SMILES string of the molecule is CN1C(=O)c2c(O)c(=O)c(C(=O)NCc3c(F)cc(F)cc3F)cn2N2C[C@@H]3CC[C@@H](C3)[C@@H]12. The fraction of sp³-hybridized carbons (Fsp3) is 0.409. The van der Waals surface area contributed by atoms with Crippen molar-refractivity contribution < 1.29 is 27.9 Å². The normalized spacial score (nSPS) is 23.4. The lowest BCUT2D eigenvalue weighted by Crippen LogP contribution is -2.65. The molecule has 0 spiro atoms. The van der Waals surface area contributed by atoms with E-state index in [0.717, 1.165) is 19.3 Å². The smallest absolute Gasteiger partial charge is 0.277 e. The Morgan fingerprint density at radius 2 is 1.88 bits per heavy atom. The third kappa shape index (κ3) is 3.25. The van der Waals surface area contributed by atoms with Gasteiger partial charge in [0.05, 0.1) is 0 Å². The van der Waals surface area contributed by atoms with Gasteiger partial charge in [-0.15, -0.1) is 0 Å². The van der Waals surface area contributed by atoms with Crippen molar-refractivity contribution in [2.45, 2.75) is 32.0 Å². The largest absolute Gasteiger partial charge is 0.502 e. The highest BCUT2D eigenvalue weighted by Crippen LogP contribution is 2.42. The Kier molecular flexibility index (Phi) is 4.87. The molecule has 11 heteroatoms. The number of nitrogens with zero attached hydrogens (tertiary/aromatic N) is 3. The summed E-state index contributed by atoms with van der Waals surface area (Å²) in [6, 6.07) is 0.966. The summed E-state index contributed by atoms with van der Waals surface area (Å²) in [6.45, 7) is -0.0575. The minimum Gasteiger partial charge on any atom is -0.502 e. The van der Waals surface area contributed by atoms with Gasteiger partial charge in [-0.1, -0.05) is 0 Å². The van der Waals surface area contributed by atoms with Crippen LogP contribution in [0.2, 0.25) is 0 Å². The van der Waals surface area contributed by atoms with E-state index >= 15 is 0 Å². The summed E-state index contributed by atoms with van der Waals surface area (Å²) < 4.78 is 42.3. The number of amides is 2. The van der Waals surface area contributed by atoms with Crippen molar-refractivity contribution in [1.82, 2.24) is 14.9 Å². The highest BCUT2D eigenvalue weighted by Gasteiger charge is 2.48. The molecule has 3 aliphatic rings. The summed E-state index contributed by atoms with van der Waals surface area (Å²) in [5.74, 6) is -5.22. The van der Waals surface area contributed by atoms with Gasteiger partial charge < -0.3 is 15.3 Å². The quantitative estimate of drug-likeness (QED) is 0.724. The zero-order valence-corrected chi connectivity index (χ0v) is 17.6. The zero-order chi connectivity index (χ0) is 23.6. The summed E-state index contributed by atoms with van der Waals surface area (Å²) in [6.07, 6.45) is 3.84. The molecule has 3 heterocycles. The first-order valence-corrected chi connectivity index (χ1v) is 10.6. The molecule has 0 radical (unpaired) electrons. The minimum absolute atomic E-state index is 0.229. The lowest BCUT2D eigenvalue weighted by atomic mass is 9.94. The number of aromatic hydroxyl groups is 1. The van der Waals surface area contributed by atoms with Gasteiger partial charge in [-0.3, -0.25) is 24.1 Å². The molecule has 1 aliphatic carbocycles. The number of nitrogens with one attached hydrogen (secondary N) is 1. The standard InChI is InChI=1S/C22H21F3N4O4/c1-27-21-11-3-2-10(4-11)8-29(21)28-9-14(18(30)19(31)17(28)22(27)33)20(32)26-7-13-15(24)5-12(23)6-16(13)25/h5-6,9-11,21,31H,2-4,7-8H2,1H3,(H,26,32)/t10-,11+,21+/m1/s1. The molecule has 5 rings (SSSR count). The maximum atomic E-state index is 13.9. The van der Waals surface area contributed by atoms with E-state index in [-0.39, 0.29) is 17.8 Å². The van der Waals surface area contributed by atoms with E-state index in [4.69, 9.17) is 0 Å². The Hall–Kier alpha value is -3.50. The van der Waals surface area contributed by atoms with Crippen molar-refractivity contribution in [1.29, 1.82) is 0 Å². The first-order chi connectivity index (χ1) is 15.7. The van der Waals surface area contributed by atoms with E-state index in [1.807, 2.05) is 5.01 Å². The molecule has 1 aromatic carbocycles. The second-order valence-corrected chi connectivity index (χ2v) is 8.84. The van der Waals surface area contributed by atoms with Crippen LogP contribution in [0.3, 0.4) is 0 Å². The molecular weight excluding hydrogens is 441 g/mol. The monoisotopic (exact) mass is 462 g/mol. The van der Waals surface area contributed by atoms with Crippen LogP contribution >= 0.6 is 0 Å². The molecule has 33 heavy (non-hydrogen) atoms. The van der Waals surface area contributed by atoms with Gasteiger partial charge in [0.15, 0.2) is 11.4 Å². The first kappa shape index (κ1) is 21.4. The molecule has 8 nitrogen and oxygen atoms in total. The van der Waals surface area contributed by atoms with Crippen molar-refractivity contribution >= 4 is 11.8 Å². The van der Waals surface area contributed by atoms with Gasteiger partial charge in [-0.25, -0.2) is 13.2 Å². The first-order valence-electron chi connectivity index (χ1n) is 10.6. The molecule has 174 valence electrons. The van der Waals surface area contributed by atoms with Gasteiger partial charge in [0.2, 0.25) is 5.43 Å². The fourth-order valence-electron chi connectivity index (χ4n) is 5.34. The molecule has 2 amide bonds. The Bertz CT molecular complexity index is 1220. The molecule has 1 aromatic heterocycles.